The smallest absolute Gasteiger partial charge is 0.414 e. The summed E-state index contributed by atoms with van der Waals surface area (Å²) in [6.45, 7) is 1.71. The summed E-state index contributed by atoms with van der Waals surface area (Å²) >= 11 is 0. The first kappa shape index (κ1) is 11.6. The van der Waals surface area contributed by atoms with E-state index in [1.807, 2.05) is 30.3 Å². The number of cyclic esters (lactones) is 1. The highest BCUT2D eigenvalue weighted by molar-refractivity contribution is 5.89. The first-order valence-electron chi connectivity index (χ1n) is 6.09. The second-order valence-corrected chi connectivity index (χ2v) is 4.25. The Morgan fingerprint density at radius 1 is 1.42 bits per heavy atom. The van der Waals surface area contributed by atoms with Gasteiger partial charge in [0.15, 0.2) is 0 Å². The number of ether oxygens (including phenoxy) is 1. The molecule has 98 valence electrons. The summed E-state index contributed by atoms with van der Waals surface area (Å²) in [6.07, 6.45) is 1.43. The van der Waals surface area contributed by atoms with Crippen LogP contribution in [0.2, 0.25) is 0 Å². The van der Waals surface area contributed by atoms with E-state index in [2.05, 4.69) is 15.5 Å². The van der Waals surface area contributed by atoms with E-state index in [4.69, 9.17) is 4.74 Å². The SMILES string of the molecule is O=C1OCCN1c1cccc(NCc2ccn[nH]2)c1. The van der Waals surface area contributed by atoms with Gasteiger partial charge in [-0.15, -0.1) is 0 Å². The highest BCUT2D eigenvalue weighted by Gasteiger charge is 2.23. The number of carbonyl (C=O) groups excluding carboxylic acids is 1. The molecule has 1 aromatic carbocycles. The van der Waals surface area contributed by atoms with Crippen molar-refractivity contribution >= 4 is 17.5 Å². The lowest BCUT2D eigenvalue weighted by Crippen LogP contribution is -2.23. The number of benzene rings is 1. The van der Waals surface area contributed by atoms with Crippen molar-refractivity contribution in [2.45, 2.75) is 6.54 Å². The van der Waals surface area contributed by atoms with Crippen LogP contribution in [-0.4, -0.2) is 29.4 Å². The van der Waals surface area contributed by atoms with E-state index >= 15 is 0 Å². The Hall–Kier alpha value is -2.50. The molecule has 2 aromatic rings. The summed E-state index contributed by atoms with van der Waals surface area (Å²) in [5.41, 5.74) is 2.80. The lowest BCUT2D eigenvalue weighted by Gasteiger charge is -2.14. The quantitative estimate of drug-likeness (QED) is 0.879. The van der Waals surface area contributed by atoms with Crippen LogP contribution in [0.4, 0.5) is 16.2 Å². The Balaban J connectivity index is 1.71. The minimum Gasteiger partial charge on any atom is -0.447 e. The van der Waals surface area contributed by atoms with Crippen molar-refractivity contribution in [3.05, 3.63) is 42.2 Å². The van der Waals surface area contributed by atoms with Crippen LogP contribution >= 0.6 is 0 Å². The standard InChI is InChI=1S/C13H14N4O2/c18-13-17(6-7-19-13)12-3-1-2-10(8-12)14-9-11-4-5-15-16-11/h1-5,8,14H,6-7,9H2,(H,15,16). The van der Waals surface area contributed by atoms with Crippen LogP contribution in [0.5, 0.6) is 0 Å². The van der Waals surface area contributed by atoms with Crippen LogP contribution in [0.25, 0.3) is 0 Å². The Bertz CT molecular complexity index is 568. The zero-order valence-electron chi connectivity index (χ0n) is 10.3. The van der Waals surface area contributed by atoms with Crippen LogP contribution in [-0.2, 0) is 11.3 Å². The van der Waals surface area contributed by atoms with Crippen LogP contribution in [0, 0.1) is 0 Å². The molecule has 1 aromatic heterocycles. The fourth-order valence-corrected chi connectivity index (χ4v) is 1.99. The number of hydrogen-bond acceptors (Lipinski definition) is 4. The van der Waals surface area contributed by atoms with Gasteiger partial charge in [0.2, 0.25) is 0 Å². The maximum atomic E-state index is 11.5. The predicted molar refractivity (Wildman–Crippen MR) is 71.1 cm³/mol. The normalized spacial score (nSPS) is 14.5. The molecule has 6 heteroatoms. The van der Waals surface area contributed by atoms with Crippen molar-refractivity contribution in [1.29, 1.82) is 0 Å². The summed E-state index contributed by atoms with van der Waals surface area (Å²) in [5.74, 6) is 0. The first-order chi connectivity index (χ1) is 9.33. The van der Waals surface area contributed by atoms with E-state index in [0.717, 1.165) is 17.1 Å². The molecule has 1 saturated heterocycles. The number of carbonyl (C=O) groups is 1. The highest BCUT2D eigenvalue weighted by atomic mass is 16.6. The van der Waals surface area contributed by atoms with Gasteiger partial charge >= 0.3 is 6.09 Å². The summed E-state index contributed by atoms with van der Waals surface area (Å²) in [7, 11) is 0. The molecule has 0 saturated carbocycles. The summed E-state index contributed by atoms with van der Waals surface area (Å²) in [6, 6.07) is 9.61. The molecule has 1 aliphatic rings. The molecule has 6 nitrogen and oxygen atoms in total. The Morgan fingerprint density at radius 2 is 2.37 bits per heavy atom. The molecule has 2 heterocycles. The number of nitrogens with zero attached hydrogens (tertiary/aromatic N) is 2. The third kappa shape index (κ3) is 2.52. The van der Waals surface area contributed by atoms with Crippen LogP contribution < -0.4 is 10.2 Å². The Morgan fingerprint density at radius 3 is 3.11 bits per heavy atom. The van der Waals surface area contributed by atoms with Crippen molar-refractivity contribution in [1.82, 2.24) is 10.2 Å². The number of H-pyrrole nitrogens is 1. The Kier molecular flexibility index (Phi) is 3.06. The third-order valence-corrected chi connectivity index (χ3v) is 2.96. The van der Waals surface area contributed by atoms with Crippen LogP contribution in [0.15, 0.2) is 36.5 Å². The van der Waals surface area contributed by atoms with Gasteiger partial charge in [-0.3, -0.25) is 10.00 Å². The summed E-state index contributed by atoms with van der Waals surface area (Å²) in [4.78, 5) is 13.1. The van der Waals surface area contributed by atoms with Gasteiger partial charge in [-0.05, 0) is 24.3 Å². The molecule has 1 aliphatic heterocycles. The van der Waals surface area contributed by atoms with E-state index in [9.17, 15) is 4.79 Å². The van der Waals surface area contributed by atoms with Crippen LogP contribution in [0.1, 0.15) is 5.69 Å². The average Bonchev–Trinajstić information content (AvgIpc) is 3.08. The summed E-state index contributed by atoms with van der Waals surface area (Å²) < 4.78 is 4.93. The van der Waals surface area contributed by atoms with E-state index in [1.54, 1.807) is 11.1 Å². The second kappa shape index (κ2) is 5.01. The maximum Gasteiger partial charge on any atom is 0.414 e. The minimum absolute atomic E-state index is 0.286. The van der Waals surface area contributed by atoms with Gasteiger partial charge in [0, 0.05) is 17.6 Å². The zero-order chi connectivity index (χ0) is 13.1. The fourth-order valence-electron chi connectivity index (χ4n) is 1.99. The number of anilines is 2. The molecule has 0 radical (unpaired) electrons. The van der Waals surface area contributed by atoms with Gasteiger partial charge in [0.25, 0.3) is 0 Å². The molecular weight excluding hydrogens is 244 g/mol. The largest absolute Gasteiger partial charge is 0.447 e. The van der Waals surface area contributed by atoms with E-state index in [-0.39, 0.29) is 6.09 Å². The molecule has 0 bridgehead atoms. The number of aromatic amines is 1. The minimum atomic E-state index is -0.286. The van der Waals surface area contributed by atoms with Crippen molar-refractivity contribution in [3.8, 4) is 0 Å². The fraction of sp³-hybridized carbons (Fsp3) is 0.231. The highest BCUT2D eigenvalue weighted by Crippen LogP contribution is 2.22. The van der Waals surface area contributed by atoms with Crippen LogP contribution in [0.3, 0.4) is 0 Å². The zero-order valence-corrected chi connectivity index (χ0v) is 10.3. The first-order valence-corrected chi connectivity index (χ1v) is 6.09. The topological polar surface area (TPSA) is 70.2 Å². The number of rotatable bonds is 4. The molecule has 2 N–H and O–H groups in total. The molecule has 3 rings (SSSR count). The van der Waals surface area contributed by atoms with E-state index in [0.29, 0.717) is 19.7 Å². The number of aromatic nitrogens is 2. The number of hydrogen-bond donors (Lipinski definition) is 2. The molecule has 0 unspecified atom stereocenters. The molecule has 19 heavy (non-hydrogen) atoms. The molecule has 1 amide bonds. The average molecular weight is 258 g/mol. The van der Waals surface area contributed by atoms with Gasteiger partial charge in [0.05, 0.1) is 18.8 Å². The summed E-state index contributed by atoms with van der Waals surface area (Å²) in [5, 5.41) is 10.1. The lowest BCUT2D eigenvalue weighted by atomic mass is 10.2. The maximum absolute atomic E-state index is 11.5. The molecule has 0 atom stereocenters. The number of nitrogens with one attached hydrogen (secondary N) is 2. The lowest BCUT2D eigenvalue weighted by molar-refractivity contribution is 0.181. The predicted octanol–water partition coefficient (Wildman–Crippen LogP) is 1.98. The number of amides is 1. The van der Waals surface area contributed by atoms with E-state index in [1.165, 1.54) is 0 Å². The van der Waals surface area contributed by atoms with E-state index < -0.39 is 0 Å². The monoisotopic (exact) mass is 258 g/mol. The van der Waals surface area contributed by atoms with Crippen molar-refractivity contribution in [2.75, 3.05) is 23.4 Å². The van der Waals surface area contributed by atoms with Crippen molar-refractivity contribution in [2.24, 2.45) is 0 Å². The van der Waals surface area contributed by atoms with Crippen molar-refractivity contribution in [3.63, 3.8) is 0 Å². The Labute approximate surface area is 110 Å². The molecular formula is C13H14N4O2. The second-order valence-electron chi connectivity index (χ2n) is 4.25. The third-order valence-electron chi connectivity index (χ3n) is 2.96. The van der Waals surface area contributed by atoms with Gasteiger partial charge in [0.1, 0.15) is 6.61 Å². The van der Waals surface area contributed by atoms with Gasteiger partial charge in [-0.25, -0.2) is 4.79 Å². The van der Waals surface area contributed by atoms with Crippen molar-refractivity contribution < 1.29 is 9.53 Å². The molecule has 0 aliphatic carbocycles. The van der Waals surface area contributed by atoms with Gasteiger partial charge in [-0.2, -0.15) is 5.10 Å². The van der Waals surface area contributed by atoms with Gasteiger partial charge < -0.3 is 10.1 Å². The molecule has 0 spiro atoms. The molecule has 1 fully saturated rings. The van der Waals surface area contributed by atoms with Gasteiger partial charge in [-0.1, -0.05) is 6.07 Å².